The fourth-order valence-corrected chi connectivity index (χ4v) is 2.64. The molecule has 2 aromatic rings. The lowest BCUT2D eigenvalue weighted by Crippen LogP contribution is -2.25. The van der Waals surface area contributed by atoms with E-state index in [0.29, 0.717) is 0 Å². The third kappa shape index (κ3) is 3.04. The summed E-state index contributed by atoms with van der Waals surface area (Å²) in [6.45, 7) is 5.66. The average molecular weight is 326 g/mol. The molecular formula is C14H17BrFN3. The van der Waals surface area contributed by atoms with Gasteiger partial charge in [-0.25, -0.2) is 4.39 Å². The van der Waals surface area contributed by atoms with Gasteiger partial charge >= 0.3 is 0 Å². The lowest BCUT2D eigenvalue weighted by molar-refractivity contribution is 0.537. The first-order valence-corrected chi connectivity index (χ1v) is 7.16. The number of rotatable bonds is 5. The molecule has 0 aliphatic heterocycles. The lowest BCUT2D eigenvalue weighted by atomic mass is 10.0. The van der Waals surface area contributed by atoms with Crippen molar-refractivity contribution in [1.82, 2.24) is 15.1 Å². The SMILES string of the molecule is CCNC(c1cc(F)ccc1Br)c1ccnn1CC. The van der Waals surface area contributed by atoms with Gasteiger partial charge in [-0.3, -0.25) is 4.68 Å². The van der Waals surface area contributed by atoms with Gasteiger partial charge in [-0.2, -0.15) is 5.10 Å². The van der Waals surface area contributed by atoms with Crippen LogP contribution in [0.4, 0.5) is 4.39 Å². The van der Waals surface area contributed by atoms with Crippen LogP contribution in [0.25, 0.3) is 0 Å². The molecule has 1 unspecified atom stereocenters. The van der Waals surface area contributed by atoms with E-state index in [-0.39, 0.29) is 11.9 Å². The highest BCUT2D eigenvalue weighted by Gasteiger charge is 2.19. The summed E-state index contributed by atoms with van der Waals surface area (Å²) in [7, 11) is 0. The van der Waals surface area contributed by atoms with Gasteiger partial charge in [0.1, 0.15) is 5.82 Å². The van der Waals surface area contributed by atoms with E-state index >= 15 is 0 Å². The van der Waals surface area contributed by atoms with Crippen LogP contribution in [-0.2, 0) is 6.54 Å². The Morgan fingerprint density at radius 3 is 2.84 bits per heavy atom. The van der Waals surface area contributed by atoms with Gasteiger partial charge in [0, 0.05) is 17.2 Å². The minimum atomic E-state index is -0.233. The first-order valence-electron chi connectivity index (χ1n) is 6.37. The Labute approximate surface area is 121 Å². The molecule has 1 N–H and O–H groups in total. The summed E-state index contributed by atoms with van der Waals surface area (Å²) < 4.78 is 16.3. The van der Waals surface area contributed by atoms with Crippen molar-refractivity contribution in [3.05, 3.63) is 52.0 Å². The van der Waals surface area contributed by atoms with E-state index in [1.807, 2.05) is 24.6 Å². The van der Waals surface area contributed by atoms with Crippen molar-refractivity contribution in [2.75, 3.05) is 6.54 Å². The van der Waals surface area contributed by atoms with E-state index in [1.54, 1.807) is 18.3 Å². The molecule has 0 aliphatic carbocycles. The van der Waals surface area contributed by atoms with Crippen molar-refractivity contribution >= 4 is 15.9 Å². The molecule has 1 atom stereocenters. The van der Waals surface area contributed by atoms with E-state index in [0.717, 1.165) is 28.8 Å². The summed E-state index contributed by atoms with van der Waals surface area (Å²) in [5.41, 5.74) is 1.92. The molecule has 1 heterocycles. The van der Waals surface area contributed by atoms with Gasteiger partial charge in [0.15, 0.2) is 0 Å². The summed E-state index contributed by atoms with van der Waals surface area (Å²) in [4.78, 5) is 0. The second-order valence-corrected chi connectivity index (χ2v) is 5.08. The minimum Gasteiger partial charge on any atom is -0.305 e. The van der Waals surface area contributed by atoms with Crippen molar-refractivity contribution in [2.45, 2.75) is 26.4 Å². The molecule has 0 saturated carbocycles. The Kier molecular flexibility index (Phi) is 4.71. The van der Waals surface area contributed by atoms with Crippen LogP contribution < -0.4 is 5.32 Å². The molecule has 3 nitrogen and oxygen atoms in total. The first kappa shape index (κ1) is 14.2. The number of halogens is 2. The van der Waals surface area contributed by atoms with Gasteiger partial charge < -0.3 is 5.32 Å². The summed E-state index contributed by atoms with van der Waals surface area (Å²) in [6.07, 6.45) is 1.77. The van der Waals surface area contributed by atoms with Crippen LogP contribution in [0.5, 0.6) is 0 Å². The molecule has 0 bridgehead atoms. The lowest BCUT2D eigenvalue weighted by Gasteiger charge is -2.21. The van der Waals surface area contributed by atoms with E-state index in [9.17, 15) is 4.39 Å². The molecule has 2 rings (SSSR count). The Morgan fingerprint density at radius 1 is 1.37 bits per heavy atom. The van der Waals surface area contributed by atoms with Crippen molar-refractivity contribution in [3.63, 3.8) is 0 Å². The summed E-state index contributed by atoms with van der Waals surface area (Å²) >= 11 is 3.50. The van der Waals surface area contributed by atoms with Gasteiger partial charge in [0.05, 0.1) is 11.7 Å². The summed E-state index contributed by atoms with van der Waals surface area (Å²) in [5.74, 6) is -0.233. The zero-order chi connectivity index (χ0) is 13.8. The van der Waals surface area contributed by atoms with Crippen LogP contribution in [0, 0.1) is 5.82 Å². The maximum Gasteiger partial charge on any atom is 0.123 e. The molecule has 0 amide bonds. The molecule has 0 saturated heterocycles. The number of nitrogens with one attached hydrogen (secondary N) is 1. The average Bonchev–Trinajstić information content (AvgIpc) is 2.87. The number of benzene rings is 1. The van der Waals surface area contributed by atoms with Gasteiger partial charge in [-0.1, -0.05) is 22.9 Å². The van der Waals surface area contributed by atoms with Crippen LogP contribution >= 0.6 is 15.9 Å². The zero-order valence-electron chi connectivity index (χ0n) is 11.0. The monoisotopic (exact) mass is 325 g/mol. The van der Waals surface area contributed by atoms with E-state index < -0.39 is 0 Å². The first-order chi connectivity index (χ1) is 9.17. The largest absolute Gasteiger partial charge is 0.305 e. The van der Waals surface area contributed by atoms with E-state index in [1.165, 1.54) is 6.07 Å². The highest BCUT2D eigenvalue weighted by molar-refractivity contribution is 9.10. The maximum absolute atomic E-state index is 13.5. The number of aromatic nitrogens is 2. The van der Waals surface area contributed by atoms with Gasteiger partial charge in [0.2, 0.25) is 0 Å². The molecule has 0 fully saturated rings. The molecular weight excluding hydrogens is 309 g/mol. The van der Waals surface area contributed by atoms with Crippen molar-refractivity contribution in [1.29, 1.82) is 0 Å². The van der Waals surface area contributed by atoms with Crippen molar-refractivity contribution in [2.24, 2.45) is 0 Å². The van der Waals surface area contributed by atoms with Crippen LogP contribution in [0.15, 0.2) is 34.9 Å². The Bertz CT molecular complexity index is 553. The van der Waals surface area contributed by atoms with Gasteiger partial charge in [0.25, 0.3) is 0 Å². The molecule has 0 aliphatic rings. The van der Waals surface area contributed by atoms with Crippen molar-refractivity contribution in [3.8, 4) is 0 Å². The second-order valence-electron chi connectivity index (χ2n) is 4.23. The number of aryl methyl sites for hydroxylation is 1. The van der Waals surface area contributed by atoms with Crippen LogP contribution in [0.1, 0.15) is 31.1 Å². The Morgan fingerprint density at radius 2 is 2.16 bits per heavy atom. The number of hydrogen-bond acceptors (Lipinski definition) is 2. The molecule has 19 heavy (non-hydrogen) atoms. The smallest absolute Gasteiger partial charge is 0.123 e. The minimum absolute atomic E-state index is 0.0717. The van der Waals surface area contributed by atoms with E-state index in [4.69, 9.17) is 0 Å². The molecule has 102 valence electrons. The molecule has 0 spiro atoms. The Hall–Kier alpha value is -1.20. The summed E-state index contributed by atoms with van der Waals surface area (Å²) in [6, 6.07) is 6.64. The fraction of sp³-hybridized carbons (Fsp3) is 0.357. The molecule has 0 radical (unpaired) electrons. The van der Waals surface area contributed by atoms with Gasteiger partial charge in [-0.15, -0.1) is 0 Å². The predicted molar refractivity (Wildman–Crippen MR) is 77.5 cm³/mol. The van der Waals surface area contributed by atoms with Crippen LogP contribution in [-0.4, -0.2) is 16.3 Å². The predicted octanol–water partition coefficient (Wildman–Crippen LogP) is 3.50. The quantitative estimate of drug-likeness (QED) is 0.911. The fourth-order valence-electron chi connectivity index (χ4n) is 2.17. The standard InChI is InChI=1S/C14H17BrFN3/c1-3-17-14(13-7-8-18-19(13)4-2)11-9-10(16)5-6-12(11)15/h5-9,14,17H,3-4H2,1-2H3. The number of hydrogen-bond donors (Lipinski definition) is 1. The third-order valence-electron chi connectivity index (χ3n) is 3.02. The van der Waals surface area contributed by atoms with Gasteiger partial charge in [-0.05, 0) is 43.3 Å². The number of nitrogens with zero attached hydrogens (tertiary/aromatic N) is 2. The highest BCUT2D eigenvalue weighted by atomic mass is 79.9. The summed E-state index contributed by atoms with van der Waals surface area (Å²) in [5, 5.41) is 7.67. The van der Waals surface area contributed by atoms with Crippen LogP contribution in [0.3, 0.4) is 0 Å². The second kappa shape index (κ2) is 6.30. The Balaban J connectivity index is 2.48. The third-order valence-corrected chi connectivity index (χ3v) is 3.74. The molecule has 1 aromatic heterocycles. The topological polar surface area (TPSA) is 29.9 Å². The zero-order valence-corrected chi connectivity index (χ0v) is 12.6. The highest BCUT2D eigenvalue weighted by Crippen LogP contribution is 2.29. The van der Waals surface area contributed by atoms with Crippen molar-refractivity contribution < 1.29 is 4.39 Å². The van der Waals surface area contributed by atoms with Crippen LogP contribution in [0.2, 0.25) is 0 Å². The van der Waals surface area contributed by atoms with E-state index in [2.05, 4.69) is 26.3 Å². The molecule has 5 heteroatoms. The normalized spacial score (nSPS) is 12.6. The molecule has 1 aromatic carbocycles. The maximum atomic E-state index is 13.5.